The number of aromatic amines is 1. The number of nitrogens with one attached hydrogen (secondary N) is 1. The number of hydrogen-bond acceptors (Lipinski definition) is 4. The molecule has 3 aromatic rings. The van der Waals surface area contributed by atoms with Crippen molar-refractivity contribution in [3.63, 3.8) is 0 Å². The summed E-state index contributed by atoms with van der Waals surface area (Å²) < 4.78 is 2.67. The lowest BCUT2D eigenvalue weighted by molar-refractivity contribution is 0.509. The van der Waals surface area contributed by atoms with Crippen LogP contribution < -0.4 is 0 Å². The zero-order valence-electron chi connectivity index (χ0n) is 12.4. The van der Waals surface area contributed by atoms with Gasteiger partial charge in [-0.2, -0.15) is 5.10 Å². The van der Waals surface area contributed by atoms with Gasteiger partial charge in [0.05, 0.1) is 5.39 Å². The Bertz CT molecular complexity index is 900. The van der Waals surface area contributed by atoms with Crippen LogP contribution in [0.25, 0.3) is 15.9 Å². The van der Waals surface area contributed by atoms with Crippen LogP contribution in [0.15, 0.2) is 0 Å². The van der Waals surface area contributed by atoms with E-state index in [1.165, 1.54) is 28.7 Å². The van der Waals surface area contributed by atoms with Gasteiger partial charge in [0.15, 0.2) is 5.65 Å². The first-order valence-corrected chi connectivity index (χ1v) is 8.70. The number of aromatic nitrogens is 4. The molecule has 110 valence electrons. The molecule has 0 aromatic carbocycles. The molecule has 1 aliphatic rings. The Hall–Kier alpha value is -1.27. The molecule has 21 heavy (non-hydrogen) atoms. The number of fused-ring (bicyclic) bond motifs is 5. The van der Waals surface area contributed by atoms with E-state index in [2.05, 4.69) is 31.0 Å². The van der Waals surface area contributed by atoms with Gasteiger partial charge in [0, 0.05) is 10.8 Å². The Kier molecular flexibility index (Phi) is 2.94. The Balaban J connectivity index is 2.15. The van der Waals surface area contributed by atoms with E-state index in [9.17, 15) is 0 Å². The molecule has 3 heterocycles. The Morgan fingerprint density at radius 3 is 3.00 bits per heavy atom. The summed E-state index contributed by atoms with van der Waals surface area (Å²) in [5, 5.41) is 8.67. The van der Waals surface area contributed by atoms with Gasteiger partial charge in [-0.05, 0) is 43.0 Å². The van der Waals surface area contributed by atoms with Crippen molar-refractivity contribution < 1.29 is 0 Å². The van der Waals surface area contributed by atoms with Crippen molar-refractivity contribution in [3.05, 3.63) is 21.0 Å². The van der Waals surface area contributed by atoms with Gasteiger partial charge < -0.3 is 0 Å². The number of H-pyrrole nitrogens is 1. The van der Waals surface area contributed by atoms with Crippen molar-refractivity contribution in [1.82, 2.24) is 19.6 Å². The highest BCUT2D eigenvalue weighted by molar-refractivity contribution is 7.71. The summed E-state index contributed by atoms with van der Waals surface area (Å²) in [6, 6.07) is 0. The summed E-state index contributed by atoms with van der Waals surface area (Å²) in [6.45, 7) is 6.64. The molecular formula is C15H18N4S2. The minimum absolute atomic E-state index is 0.319. The third kappa shape index (κ3) is 1.89. The smallest absolute Gasteiger partial charge is 0.201 e. The van der Waals surface area contributed by atoms with Gasteiger partial charge >= 0.3 is 0 Å². The molecule has 0 spiro atoms. The highest BCUT2D eigenvalue weighted by Crippen LogP contribution is 2.39. The van der Waals surface area contributed by atoms with E-state index >= 15 is 0 Å². The average Bonchev–Trinajstić information content (AvgIpc) is 2.97. The molecule has 4 nitrogen and oxygen atoms in total. The van der Waals surface area contributed by atoms with Gasteiger partial charge in [-0.3, -0.25) is 9.50 Å². The van der Waals surface area contributed by atoms with E-state index in [0.29, 0.717) is 10.7 Å². The second-order valence-corrected chi connectivity index (χ2v) is 7.81. The molecule has 0 radical (unpaired) electrons. The van der Waals surface area contributed by atoms with Crippen LogP contribution in [-0.4, -0.2) is 19.6 Å². The van der Waals surface area contributed by atoms with E-state index in [1.807, 2.05) is 15.7 Å². The molecule has 3 aromatic heterocycles. The Morgan fingerprint density at radius 1 is 1.43 bits per heavy atom. The fourth-order valence-electron chi connectivity index (χ4n) is 3.26. The standard InChI is InChI=1S/C15H18N4S2/c1-7(2)12-16-14-11(13-17-18-15(20)19(12)13)9-5-4-8(3)6-10(9)21-14/h7-8H,4-6H2,1-3H3,(H,18,20). The van der Waals surface area contributed by atoms with Crippen LogP contribution in [0.2, 0.25) is 0 Å². The molecule has 0 aliphatic heterocycles. The first-order valence-electron chi connectivity index (χ1n) is 7.47. The van der Waals surface area contributed by atoms with Gasteiger partial charge in [-0.1, -0.05) is 20.8 Å². The van der Waals surface area contributed by atoms with Gasteiger partial charge in [0.1, 0.15) is 10.7 Å². The topological polar surface area (TPSA) is 46.0 Å². The van der Waals surface area contributed by atoms with E-state index in [0.717, 1.165) is 28.6 Å². The molecular weight excluding hydrogens is 300 g/mol. The summed E-state index contributed by atoms with van der Waals surface area (Å²) in [5.74, 6) is 2.09. The zero-order valence-corrected chi connectivity index (χ0v) is 14.1. The SMILES string of the molecule is CC1CCc2c(sc3nc(C(C)C)n4c(=S)[nH]nc4c23)C1. The van der Waals surface area contributed by atoms with E-state index in [1.54, 1.807) is 0 Å². The number of rotatable bonds is 1. The highest BCUT2D eigenvalue weighted by atomic mass is 32.1. The van der Waals surface area contributed by atoms with Crippen molar-refractivity contribution in [2.75, 3.05) is 0 Å². The lowest BCUT2D eigenvalue weighted by atomic mass is 9.89. The summed E-state index contributed by atoms with van der Waals surface area (Å²) in [4.78, 5) is 7.54. The molecule has 0 saturated heterocycles. The van der Waals surface area contributed by atoms with E-state index < -0.39 is 0 Å². The number of aryl methyl sites for hydroxylation is 1. The van der Waals surface area contributed by atoms with Gasteiger partial charge in [0.2, 0.25) is 4.77 Å². The normalized spacial score (nSPS) is 18.8. The third-order valence-corrected chi connectivity index (χ3v) is 5.77. The van der Waals surface area contributed by atoms with Crippen LogP contribution in [0, 0.1) is 10.7 Å². The van der Waals surface area contributed by atoms with Crippen molar-refractivity contribution >= 4 is 39.4 Å². The van der Waals surface area contributed by atoms with Crippen LogP contribution in [0.1, 0.15) is 49.4 Å². The first kappa shape index (κ1) is 13.4. The largest absolute Gasteiger partial charge is 0.255 e. The molecule has 4 rings (SSSR count). The molecule has 1 unspecified atom stereocenters. The number of thiophene rings is 1. The Labute approximate surface area is 132 Å². The van der Waals surface area contributed by atoms with E-state index in [4.69, 9.17) is 17.2 Å². The van der Waals surface area contributed by atoms with Crippen LogP contribution in [-0.2, 0) is 12.8 Å². The summed E-state index contributed by atoms with van der Waals surface area (Å²) >= 11 is 7.26. The monoisotopic (exact) mass is 318 g/mol. The lowest BCUT2D eigenvalue weighted by Gasteiger charge is -2.17. The van der Waals surface area contributed by atoms with Crippen molar-refractivity contribution in [1.29, 1.82) is 0 Å². The fourth-order valence-corrected chi connectivity index (χ4v) is 4.87. The molecule has 1 aliphatic carbocycles. The van der Waals surface area contributed by atoms with Gasteiger partial charge in [-0.15, -0.1) is 11.3 Å². The summed E-state index contributed by atoms with van der Waals surface area (Å²) in [6.07, 6.45) is 3.56. The van der Waals surface area contributed by atoms with Crippen molar-refractivity contribution in [2.24, 2.45) is 5.92 Å². The second kappa shape index (κ2) is 4.61. The molecule has 0 fully saturated rings. The third-order valence-electron chi connectivity index (χ3n) is 4.35. The van der Waals surface area contributed by atoms with Crippen LogP contribution in [0.4, 0.5) is 0 Å². The maximum absolute atomic E-state index is 5.41. The molecule has 1 N–H and O–H groups in total. The maximum atomic E-state index is 5.41. The quantitative estimate of drug-likeness (QED) is 0.682. The van der Waals surface area contributed by atoms with Crippen LogP contribution >= 0.6 is 23.6 Å². The van der Waals surface area contributed by atoms with Crippen LogP contribution in [0.3, 0.4) is 0 Å². The zero-order chi connectivity index (χ0) is 14.7. The summed E-state index contributed by atoms with van der Waals surface area (Å²) in [5.41, 5.74) is 2.41. The minimum atomic E-state index is 0.319. The molecule has 1 atom stereocenters. The fraction of sp³-hybridized carbons (Fsp3) is 0.533. The van der Waals surface area contributed by atoms with E-state index in [-0.39, 0.29) is 0 Å². The van der Waals surface area contributed by atoms with Crippen molar-refractivity contribution in [3.8, 4) is 0 Å². The van der Waals surface area contributed by atoms with Crippen LogP contribution in [0.5, 0.6) is 0 Å². The highest BCUT2D eigenvalue weighted by Gasteiger charge is 2.24. The molecule has 6 heteroatoms. The predicted molar refractivity (Wildman–Crippen MR) is 88.8 cm³/mol. The second-order valence-electron chi connectivity index (χ2n) is 6.34. The maximum Gasteiger partial charge on any atom is 0.201 e. The Morgan fingerprint density at radius 2 is 2.24 bits per heavy atom. The number of nitrogens with zero attached hydrogens (tertiary/aromatic N) is 3. The lowest BCUT2D eigenvalue weighted by Crippen LogP contribution is -2.09. The number of hydrogen-bond donors (Lipinski definition) is 1. The molecule has 0 bridgehead atoms. The minimum Gasteiger partial charge on any atom is -0.255 e. The molecule has 0 saturated carbocycles. The predicted octanol–water partition coefficient (Wildman–Crippen LogP) is 4.25. The van der Waals surface area contributed by atoms with Crippen molar-refractivity contribution in [2.45, 2.75) is 46.0 Å². The van der Waals surface area contributed by atoms with Gasteiger partial charge in [0.25, 0.3) is 0 Å². The van der Waals surface area contributed by atoms with Gasteiger partial charge in [-0.25, -0.2) is 4.98 Å². The first-order chi connectivity index (χ1) is 10.1. The summed E-state index contributed by atoms with van der Waals surface area (Å²) in [7, 11) is 0. The average molecular weight is 318 g/mol. The molecule has 0 amide bonds.